The number of aliphatic hydroxyl groups is 1. The Balaban J connectivity index is 2.06. The number of nitrogens with one attached hydrogen (secondary N) is 1. The van der Waals surface area contributed by atoms with E-state index in [1.807, 2.05) is 35.2 Å². The highest BCUT2D eigenvalue weighted by Gasteiger charge is 2.35. The Hall–Kier alpha value is -1.43. The first kappa shape index (κ1) is 12.0. The van der Waals surface area contributed by atoms with Crippen LogP contribution in [0.5, 0.6) is 0 Å². The van der Waals surface area contributed by atoms with Gasteiger partial charge in [0.05, 0.1) is 12.1 Å². The van der Waals surface area contributed by atoms with Gasteiger partial charge in [-0.15, -0.1) is 0 Å². The molecule has 1 saturated heterocycles. The molecule has 0 radical (unpaired) electrons. The Morgan fingerprint density at radius 3 is 2.82 bits per heavy atom. The quantitative estimate of drug-likeness (QED) is 0.379. The molecule has 0 aliphatic carbocycles. The van der Waals surface area contributed by atoms with Gasteiger partial charge in [0.25, 0.3) is 5.91 Å². The van der Waals surface area contributed by atoms with E-state index >= 15 is 0 Å². The lowest BCUT2D eigenvalue weighted by Gasteiger charge is -2.22. The molecule has 1 aliphatic rings. The molecule has 4 N–H and O–H groups in total. The number of rotatable bonds is 3. The SMILES string of the molecule is NNC(=O)C1CC(O)CN1Cc1ccccc1. The van der Waals surface area contributed by atoms with Gasteiger partial charge in [-0.2, -0.15) is 0 Å². The number of aliphatic hydroxyl groups excluding tert-OH is 1. The molecule has 5 heteroatoms. The minimum absolute atomic E-state index is 0.238. The number of hydrogen-bond donors (Lipinski definition) is 3. The number of benzene rings is 1. The van der Waals surface area contributed by atoms with Crippen LogP contribution in [0.25, 0.3) is 0 Å². The highest BCUT2D eigenvalue weighted by atomic mass is 16.3. The number of β-amino-alcohol motifs (C(OH)–C–C–N with tert-alkyl or cyclic N) is 1. The number of hydrogen-bond acceptors (Lipinski definition) is 4. The third-order valence-corrected chi connectivity index (χ3v) is 3.05. The summed E-state index contributed by atoms with van der Waals surface area (Å²) in [6.07, 6.45) is -0.0171. The van der Waals surface area contributed by atoms with Gasteiger partial charge in [0, 0.05) is 13.1 Å². The largest absolute Gasteiger partial charge is 0.392 e. The van der Waals surface area contributed by atoms with Crippen molar-refractivity contribution >= 4 is 5.91 Å². The lowest BCUT2D eigenvalue weighted by molar-refractivity contribution is -0.125. The van der Waals surface area contributed by atoms with Crippen LogP contribution in [0.1, 0.15) is 12.0 Å². The summed E-state index contributed by atoms with van der Waals surface area (Å²) in [5.74, 6) is 4.91. The Labute approximate surface area is 100 Å². The summed E-state index contributed by atoms with van der Waals surface area (Å²) in [4.78, 5) is 13.5. The average Bonchev–Trinajstić information content (AvgIpc) is 2.70. The fourth-order valence-corrected chi connectivity index (χ4v) is 2.24. The van der Waals surface area contributed by atoms with Gasteiger partial charge in [-0.25, -0.2) is 5.84 Å². The van der Waals surface area contributed by atoms with Crippen molar-refractivity contribution in [2.24, 2.45) is 5.84 Å². The van der Waals surface area contributed by atoms with Gasteiger partial charge < -0.3 is 5.11 Å². The van der Waals surface area contributed by atoms with Gasteiger partial charge in [0.15, 0.2) is 0 Å². The van der Waals surface area contributed by atoms with E-state index in [4.69, 9.17) is 5.84 Å². The molecule has 1 heterocycles. The molecule has 1 aromatic carbocycles. The molecule has 2 unspecified atom stereocenters. The van der Waals surface area contributed by atoms with Gasteiger partial charge in [-0.3, -0.25) is 15.1 Å². The second kappa shape index (κ2) is 5.27. The van der Waals surface area contributed by atoms with E-state index in [1.165, 1.54) is 0 Å². The summed E-state index contributed by atoms with van der Waals surface area (Å²) in [6.45, 7) is 1.16. The van der Waals surface area contributed by atoms with E-state index in [1.54, 1.807) is 0 Å². The van der Waals surface area contributed by atoms with Crippen LogP contribution in [-0.2, 0) is 11.3 Å². The highest BCUT2D eigenvalue weighted by Crippen LogP contribution is 2.20. The predicted molar refractivity (Wildman–Crippen MR) is 63.6 cm³/mol. The minimum Gasteiger partial charge on any atom is -0.392 e. The Bertz CT molecular complexity index is 383. The van der Waals surface area contributed by atoms with E-state index in [9.17, 15) is 9.90 Å². The van der Waals surface area contributed by atoms with Gasteiger partial charge in [-0.05, 0) is 12.0 Å². The standard InChI is InChI=1S/C12H17N3O2/c13-14-12(17)11-6-10(16)8-15(11)7-9-4-2-1-3-5-9/h1-5,10-11,16H,6-8,13H2,(H,14,17). The molecule has 0 bridgehead atoms. The smallest absolute Gasteiger partial charge is 0.251 e. The first-order chi connectivity index (χ1) is 8.20. The van der Waals surface area contributed by atoms with Crippen molar-refractivity contribution in [1.29, 1.82) is 0 Å². The van der Waals surface area contributed by atoms with Gasteiger partial charge in [0.2, 0.25) is 0 Å². The maximum absolute atomic E-state index is 11.6. The van der Waals surface area contributed by atoms with E-state index in [0.717, 1.165) is 5.56 Å². The Morgan fingerprint density at radius 1 is 1.47 bits per heavy atom. The summed E-state index contributed by atoms with van der Waals surface area (Å²) in [5.41, 5.74) is 3.27. The van der Waals surface area contributed by atoms with E-state index in [0.29, 0.717) is 19.5 Å². The van der Waals surface area contributed by atoms with E-state index in [-0.39, 0.29) is 11.9 Å². The highest BCUT2D eigenvalue weighted by molar-refractivity contribution is 5.81. The molecule has 1 fully saturated rings. The van der Waals surface area contributed by atoms with Crippen LogP contribution in [-0.4, -0.2) is 34.6 Å². The van der Waals surface area contributed by atoms with Crippen LogP contribution in [0.3, 0.4) is 0 Å². The number of carbonyl (C=O) groups is 1. The molecule has 2 rings (SSSR count). The number of hydrazine groups is 1. The zero-order valence-corrected chi connectivity index (χ0v) is 9.54. The average molecular weight is 235 g/mol. The van der Waals surface area contributed by atoms with Crippen molar-refractivity contribution in [3.63, 3.8) is 0 Å². The normalized spacial score (nSPS) is 24.8. The minimum atomic E-state index is -0.457. The molecule has 92 valence electrons. The monoisotopic (exact) mass is 235 g/mol. The lowest BCUT2D eigenvalue weighted by atomic mass is 10.1. The van der Waals surface area contributed by atoms with Crippen LogP contribution in [0.2, 0.25) is 0 Å². The number of amides is 1. The third kappa shape index (κ3) is 2.82. The zero-order valence-electron chi connectivity index (χ0n) is 9.54. The van der Waals surface area contributed by atoms with E-state index < -0.39 is 6.10 Å². The fourth-order valence-electron chi connectivity index (χ4n) is 2.24. The topological polar surface area (TPSA) is 78.6 Å². The second-order valence-electron chi connectivity index (χ2n) is 4.33. The molecule has 1 aliphatic heterocycles. The summed E-state index contributed by atoms with van der Waals surface area (Å²) in [7, 11) is 0. The molecule has 5 nitrogen and oxygen atoms in total. The molecule has 1 amide bonds. The maximum Gasteiger partial charge on any atom is 0.251 e. The lowest BCUT2D eigenvalue weighted by Crippen LogP contribution is -2.45. The third-order valence-electron chi connectivity index (χ3n) is 3.05. The van der Waals surface area contributed by atoms with Crippen LogP contribution in [0, 0.1) is 0 Å². The first-order valence-corrected chi connectivity index (χ1v) is 5.67. The molecular weight excluding hydrogens is 218 g/mol. The van der Waals surface area contributed by atoms with Gasteiger partial charge in [0.1, 0.15) is 0 Å². The van der Waals surface area contributed by atoms with Crippen molar-refractivity contribution in [2.45, 2.75) is 25.1 Å². The van der Waals surface area contributed by atoms with Crippen LogP contribution in [0.4, 0.5) is 0 Å². The molecule has 0 aromatic heterocycles. The maximum atomic E-state index is 11.6. The molecule has 17 heavy (non-hydrogen) atoms. The predicted octanol–water partition coefficient (Wildman–Crippen LogP) is -0.388. The summed E-state index contributed by atoms with van der Waals surface area (Å²) in [6, 6.07) is 9.53. The number of carbonyl (C=O) groups excluding carboxylic acids is 1. The molecule has 0 spiro atoms. The van der Waals surface area contributed by atoms with Gasteiger partial charge >= 0.3 is 0 Å². The van der Waals surface area contributed by atoms with Crippen molar-refractivity contribution in [2.75, 3.05) is 6.54 Å². The van der Waals surface area contributed by atoms with E-state index in [2.05, 4.69) is 5.43 Å². The number of likely N-dealkylation sites (tertiary alicyclic amines) is 1. The fraction of sp³-hybridized carbons (Fsp3) is 0.417. The second-order valence-corrected chi connectivity index (χ2v) is 4.33. The zero-order chi connectivity index (χ0) is 12.3. The van der Waals surface area contributed by atoms with Gasteiger partial charge in [-0.1, -0.05) is 30.3 Å². The number of nitrogens with two attached hydrogens (primary N) is 1. The van der Waals surface area contributed by atoms with Crippen LogP contribution in [0.15, 0.2) is 30.3 Å². The Kier molecular flexibility index (Phi) is 3.73. The number of nitrogens with zero attached hydrogens (tertiary/aromatic N) is 1. The summed E-state index contributed by atoms with van der Waals surface area (Å²) in [5, 5.41) is 9.63. The summed E-state index contributed by atoms with van der Waals surface area (Å²) < 4.78 is 0. The van der Waals surface area contributed by atoms with Crippen LogP contribution < -0.4 is 11.3 Å². The van der Waals surface area contributed by atoms with Crippen molar-refractivity contribution in [3.8, 4) is 0 Å². The molecule has 2 atom stereocenters. The molecule has 1 aromatic rings. The van der Waals surface area contributed by atoms with Crippen molar-refractivity contribution < 1.29 is 9.90 Å². The first-order valence-electron chi connectivity index (χ1n) is 5.67. The van der Waals surface area contributed by atoms with Crippen molar-refractivity contribution in [3.05, 3.63) is 35.9 Å². The summed E-state index contributed by atoms with van der Waals surface area (Å²) >= 11 is 0. The Morgan fingerprint density at radius 2 is 2.18 bits per heavy atom. The van der Waals surface area contributed by atoms with Crippen LogP contribution >= 0.6 is 0 Å². The molecular formula is C12H17N3O2. The van der Waals surface area contributed by atoms with Crippen molar-refractivity contribution in [1.82, 2.24) is 10.3 Å². The molecule has 0 saturated carbocycles.